The molecule has 0 saturated carbocycles. The van der Waals surface area contributed by atoms with Crippen LogP contribution < -0.4 is 11.1 Å². The van der Waals surface area contributed by atoms with Crippen LogP contribution in [0.15, 0.2) is 39.4 Å². The number of thiophene rings is 1. The van der Waals surface area contributed by atoms with Gasteiger partial charge in [0, 0.05) is 6.92 Å². The highest BCUT2D eigenvalue weighted by Crippen LogP contribution is 2.34. The van der Waals surface area contributed by atoms with Gasteiger partial charge in [-0.2, -0.15) is 0 Å². The summed E-state index contributed by atoms with van der Waals surface area (Å²) in [5.74, 6) is -1.89. The summed E-state index contributed by atoms with van der Waals surface area (Å²) < 4.78 is 37.6. The number of rotatable bonds is 4. The zero-order valence-corrected chi connectivity index (χ0v) is 12.9. The molecule has 0 fully saturated rings. The number of carbonyl (C=O) groups is 2. The number of amides is 2. The molecule has 0 bridgehead atoms. The van der Waals surface area contributed by atoms with Crippen molar-refractivity contribution < 1.29 is 22.4 Å². The number of hydrogen-bond donors (Lipinski definition) is 2. The second-order valence-electron chi connectivity index (χ2n) is 4.31. The van der Waals surface area contributed by atoms with Gasteiger partial charge in [-0.25, -0.2) is 12.8 Å². The third-order valence-corrected chi connectivity index (χ3v) is 5.95. The van der Waals surface area contributed by atoms with Crippen LogP contribution in [0.25, 0.3) is 0 Å². The van der Waals surface area contributed by atoms with Gasteiger partial charge in [0.15, 0.2) is 0 Å². The summed E-state index contributed by atoms with van der Waals surface area (Å²) in [5.41, 5.74) is 5.08. The molecular formula is C13H11FN2O4S2. The molecule has 0 saturated heterocycles. The van der Waals surface area contributed by atoms with Crippen LogP contribution in [0.1, 0.15) is 17.3 Å². The molecule has 0 aliphatic heterocycles. The van der Waals surface area contributed by atoms with E-state index in [2.05, 4.69) is 5.32 Å². The van der Waals surface area contributed by atoms with Crippen molar-refractivity contribution >= 4 is 38.0 Å². The molecule has 0 aliphatic carbocycles. The van der Waals surface area contributed by atoms with Gasteiger partial charge in [-0.05, 0) is 30.3 Å². The quantitative estimate of drug-likeness (QED) is 0.826. The maximum atomic E-state index is 12.9. The van der Waals surface area contributed by atoms with Gasteiger partial charge in [0.05, 0.1) is 10.5 Å². The minimum atomic E-state index is -3.93. The summed E-state index contributed by atoms with van der Waals surface area (Å²) in [6.45, 7) is 1.22. The first-order chi connectivity index (χ1) is 10.2. The van der Waals surface area contributed by atoms with E-state index in [0.717, 1.165) is 30.3 Å². The van der Waals surface area contributed by atoms with Crippen LogP contribution in [0.4, 0.5) is 9.39 Å². The molecule has 3 N–H and O–H groups in total. The van der Waals surface area contributed by atoms with E-state index in [4.69, 9.17) is 5.73 Å². The monoisotopic (exact) mass is 342 g/mol. The van der Waals surface area contributed by atoms with Gasteiger partial charge < -0.3 is 11.1 Å². The van der Waals surface area contributed by atoms with Gasteiger partial charge in [0.2, 0.25) is 15.7 Å². The van der Waals surface area contributed by atoms with Crippen LogP contribution in [-0.2, 0) is 14.6 Å². The van der Waals surface area contributed by atoms with Crippen molar-refractivity contribution in [2.75, 3.05) is 5.32 Å². The fraction of sp³-hybridized carbons (Fsp3) is 0.0769. The van der Waals surface area contributed by atoms with E-state index in [0.29, 0.717) is 11.3 Å². The Hall–Kier alpha value is -2.26. The van der Waals surface area contributed by atoms with Crippen LogP contribution in [0.3, 0.4) is 0 Å². The Bertz CT molecular complexity index is 841. The van der Waals surface area contributed by atoms with Gasteiger partial charge in [-0.3, -0.25) is 9.59 Å². The summed E-state index contributed by atoms with van der Waals surface area (Å²) >= 11 is 0.708. The predicted octanol–water partition coefficient (Wildman–Crippen LogP) is 1.78. The Kier molecular flexibility index (Phi) is 4.29. The van der Waals surface area contributed by atoms with E-state index in [1.807, 2.05) is 0 Å². The average molecular weight is 342 g/mol. The van der Waals surface area contributed by atoms with Crippen molar-refractivity contribution in [3.05, 3.63) is 41.7 Å². The maximum Gasteiger partial charge on any atom is 0.251 e. The fourth-order valence-electron chi connectivity index (χ4n) is 1.67. The van der Waals surface area contributed by atoms with Crippen molar-refractivity contribution in [2.45, 2.75) is 16.0 Å². The third-order valence-electron chi connectivity index (χ3n) is 2.65. The van der Waals surface area contributed by atoms with Crippen LogP contribution in [-0.4, -0.2) is 20.2 Å². The van der Waals surface area contributed by atoms with Gasteiger partial charge in [-0.1, -0.05) is 0 Å². The van der Waals surface area contributed by atoms with Gasteiger partial charge in [0.25, 0.3) is 5.91 Å². The number of sulfone groups is 1. The molecule has 2 amide bonds. The van der Waals surface area contributed by atoms with E-state index in [9.17, 15) is 22.4 Å². The minimum Gasteiger partial charge on any atom is -0.366 e. The highest BCUT2D eigenvalue weighted by atomic mass is 32.2. The fourth-order valence-corrected chi connectivity index (χ4v) is 4.49. The van der Waals surface area contributed by atoms with Crippen molar-refractivity contribution in [1.82, 2.24) is 0 Å². The van der Waals surface area contributed by atoms with Crippen molar-refractivity contribution in [2.24, 2.45) is 5.73 Å². The van der Waals surface area contributed by atoms with E-state index in [1.165, 1.54) is 6.92 Å². The molecule has 0 radical (unpaired) electrons. The molecule has 9 heteroatoms. The number of nitrogens with two attached hydrogens (primary N) is 1. The molecule has 0 atom stereocenters. The van der Waals surface area contributed by atoms with Gasteiger partial charge in [0.1, 0.15) is 15.0 Å². The number of primary amides is 1. The van der Waals surface area contributed by atoms with E-state index < -0.39 is 27.5 Å². The molecule has 0 spiro atoms. The first-order valence-corrected chi connectivity index (χ1v) is 8.23. The zero-order valence-electron chi connectivity index (χ0n) is 11.3. The number of anilines is 1. The molecule has 116 valence electrons. The minimum absolute atomic E-state index is 0.0562. The lowest BCUT2D eigenvalue weighted by Crippen LogP contribution is -2.14. The number of halogens is 1. The van der Waals surface area contributed by atoms with E-state index >= 15 is 0 Å². The highest BCUT2D eigenvalue weighted by Gasteiger charge is 2.24. The third kappa shape index (κ3) is 3.15. The Labute approximate surface area is 129 Å². The number of nitrogens with one attached hydrogen (secondary N) is 1. The second-order valence-corrected chi connectivity index (χ2v) is 7.54. The molecule has 2 aromatic rings. The van der Waals surface area contributed by atoms with Gasteiger partial charge in [-0.15, -0.1) is 11.3 Å². The number of hydrogen-bond acceptors (Lipinski definition) is 5. The summed E-state index contributed by atoms with van der Waals surface area (Å²) in [7, 11) is -3.93. The normalized spacial score (nSPS) is 11.2. The molecule has 0 aliphatic rings. The average Bonchev–Trinajstić information content (AvgIpc) is 2.83. The van der Waals surface area contributed by atoms with Crippen LogP contribution in [0.5, 0.6) is 0 Å². The summed E-state index contributed by atoms with van der Waals surface area (Å²) in [5, 5.41) is 2.42. The number of carbonyl (C=O) groups excluding carboxylic acids is 2. The summed E-state index contributed by atoms with van der Waals surface area (Å²) in [4.78, 5) is 22.3. The standard InChI is InChI=1S/C13H11FN2O4S2/c1-7(17)16-13-10(12(15)18)6-11(21-13)22(19,20)9-4-2-8(14)3-5-9/h2-6H,1H3,(H2,15,18)(H,16,17). The number of benzene rings is 1. The molecular weight excluding hydrogens is 331 g/mol. The SMILES string of the molecule is CC(=O)Nc1sc(S(=O)(=O)c2ccc(F)cc2)cc1C(N)=O. The Balaban J connectivity index is 2.54. The predicted molar refractivity (Wildman–Crippen MR) is 79.0 cm³/mol. The first-order valence-electron chi connectivity index (χ1n) is 5.93. The lowest BCUT2D eigenvalue weighted by Gasteiger charge is -2.01. The molecule has 0 unspecified atom stereocenters. The van der Waals surface area contributed by atoms with Crippen LogP contribution in [0, 0.1) is 5.82 Å². The highest BCUT2D eigenvalue weighted by molar-refractivity contribution is 7.93. The molecule has 2 rings (SSSR count). The van der Waals surface area contributed by atoms with E-state index in [1.54, 1.807) is 0 Å². The van der Waals surface area contributed by atoms with Crippen molar-refractivity contribution in [3.8, 4) is 0 Å². The van der Waals surface area contributed by atoms with Crippen LogP contribution >= 0.6 is 11.3 Å². The largest absolute Gasteiger partial charge is 0.366 e. The summed E-state index contributed by atoms with van der Waals surface area (Å²) in [6, 6.07) is 5.37. The maximum absolute atomic E-state index is 12.9. The Morgan fingerprint density at radius 3 is 2.32 bits per heavy atom. The Morgan fingerprint density at radius 1 is 1.23 bits per heavy atom. The Morgan fingerprint density at radius 2 is 1.82 bits per heavy atom. The summed E-state index contributed by atoms with van der Waals surface area (Å²) in [6.07, 6.45) is 0. The topological polar surface area (TPSA) is 106 Å². The van der Waals surface area contributed by atoms with Crippen LogP contribution in [0.2, 0.25) is 0 Å². The van der Waals surface area contributed by atoms with E-state index in [-0.39, 0.29) is 19.7 Å². The zero-order chi connectivity index (χ0) is 16.5. The molecule has 1 heterocycles. The molecule has 6 nitrogen and oxygen atoms in total. The van der Waals surface area contributed by atoms with Crippen molar-refractivity contribution in [3.63, 3.8) is 0 Å². The van der Waals surface area contributed by atoms with Crippen molar-refractivity contribution in [1.29, 1.82) is 0 Å². The molecule has 22 heavy (non-hydrogen) atoms. The van der Waals surface area contributed by atoms with Gasteiger partial charge >= 0.3 is 0 Å². The molecule has 1 aromatic heterocycles. The lowest BCUT2D eigenvalue weighted by atomic mass is 10.3. The lowest BCUT2D eigenvalue weighted by molar-refractivity contribution is -0.114. The first kappa shape index (κ1) is 16.1. The smallest absolute Gasteiger partial charge is 0.251 e. The second kappa shape index (κ2) is 5.85. The molecule has 1 aromatic carbocycles.